The number of benzene rings is 1. The first-order valence-corrected chi connectivity index (χ1v) is 12.8. The molecule has 0 spiro atoms. The third-order valence-electron chi connectivity index (χ3n) is 4.72. The summed E-state index contributed by atoms with van der Waals surface area (Å²) in [7, 11) is -4.04. The summed E-state index contributed by atoms with van der Waals surface area (Å²) in [5, 5.41) is 5.57. The van der Waals surface area contributed by atoms with E-state index in [0.29, 0.717) is 34.5 Å². The number of primary sulfonamides is 1. The maximum absolute atomic E-state index is 13.1. The van der Waals surface area contributed by atoms with Crippen LogP contribution in [0.2, 0.25) is 0 Å². The van der Waals surface area contributed by atoms with E-state index < -0.39 is 16.0 Å². The molecular formula is C23H29N3O4S2. The molecule has 172 valence electrons. The van der Waals surface area contributed by atoms with Gasteiger partial charge in [-0.3, -0.25) is 0 Å². The molecule has 0 bridgehead atoms. The molecule has 0 aliphatic carbocycles. The maximum atomic E-state index is 13.1. The molecule has 0 fully saturated rings. The van der Waals surface area contributed by atoms with Gasteiger partial charge in [-0.2, -0.15) is 0 Å². The number of sulfonamides is 1. The van der Waals surface area contributed by atoms with E-state index >= 15 is 0 Å². The zero-order valence-corrected chi connectivity index (χ0v) is 20.4. The fourth-order valence-corrected chi connectivity index (χ4v) is 5.85. The predicted octanol–water partition coefficient (Wildman–Crippen LogP) is 4.32. The summed E-state index contributed by atoms with van der Waals surface area (Å²) < 4.78 is 32.4. The Labute approximate surface area is 193 Å². The van der Waals surface area contributed by atoms with Gasteiger partial charge in [-0.25, -0.2) is 23.3 Å². The van der Waals surface area contributed by atoms with Gasteiger partial charge in [-0.1, -0.05) is 52.0 Å². The summed E-state index contributed by atoms with van der Waals surface area (Å²) in [6.07, 6.45) is 5.86. The van der Waals surface area contributed by atoms with Gasteiger partial charge < -0.3 is 9.30 Å². The summed E-state index contributed by atoms with van der Waals surface area (Å²) in [4.78, 5) is 17.8. The molecule has 0 radical (unpaired) electrons. The molecule has 0 atom stereocenters. The highest BCUT2D eigenvalue weighted by molar-refractivity contribution is 7.91. The standard InChI is InChI=1S/C23H29N3O4S2/c1-15(2)11-19-21(22(27)30-13-16(3)4)20(23(31-19)32(24,28)29)18-7-5-17(6-8-18)12-26-10-9-25-14-26/h5-10,14-16H,11-13H2,1-4H3,(H2,24,28,29). The first-order chi connectivity index (χ1) is 15.1. The van der Waals surface area contributed by atoms with Crippen LogP contribution in [0.1, 0.15) is 48.5 Å². The lowest BCUT2D eigenvalue weighted by Crippen LogP contribution is -2.14. The molecule has 1 aromatic carbocycles. The summed E-state index contributed by atoms with van der Waals surface area (Å²) in [5.41, 5.74) is 2.27. The Morgan fingerprint density at radius 2 is 1.84 bits per heavy atom. The molecule has 7 nitrogen and oxygen atoms in total. The van der Waals surface area contributed by atoms with Crippen molar-refractivity contribution in [3.05, 3.63) is 59.0 Å². The topological polar surface area (TPSA) is 104 Å². The fourth-order valence-electron chi connectivity index (χ4n) is 3.33. The molecular weight excluding hydrogens is 446 g/mol. The monoisotopic (exact) mass is 475 g/mol. The number of rotatable bonds is 9. The summed E-state index contributed by atoms with van der Waals surface area (Å²) in [6.45, 7) is 8.82. The molecule has 3 rings (SSSR count). The van der Waals surface area contributed by atoms with Crippen molar-refractivity contribution in [1.82, 2.24) is 9.55 Å². The smallest absolute Gasteiger partial charge is 0.339 e. The van der Waals surface area contributed by atoms with Crippen LogP contribution in [0.4, 0.5) is 0 Å². The van der Waals surface area contributed by atoms with Crippen LogP contribution in [0.25, 0.3) is 11.1 Å². The first kappa shape index (κ1) is 24.2. The Kier molecular flexibility index (Phi) is 7.53. The Bertz CT molecular complexity index is 1160. The number of nitrogens with zero attached hydrogens (tertiary/aromatic N) is 2. The summed E-state index contributed by atoms with van der Waals surface area (Å²) in [5.74, 6) is -0.128. The Balaban J connectivity index is 2.10. The van der Waals surface area contributed by atoms with E-state index in [-0.39, 0.29) is 22.7 Å². The molecule has 3 aromatic rings. The molecule has 0 amide bonds. The number of imidazole rings is 1. The number of carbonyl (C=O) groups is 1. The van der Waals surface area contributed by atoms with Crippen molar-refractivity contribution in [2.45, 2.75) is 44.9 Å². The van der Waals surface area contributed by atoms with Gasteiger partial charge in [0, 0.05) is 29.4 Å². The number of hydrogen-bond acceptors (Lipinski definition) is 6. The highest BCUT2D eigenvalue weighted by Crippen LogP contribution is 2.41. The van der Waals surface area contributed by atoms with Crippen LogP contribution in [0, 0.1) is 11.8 Å². The minimum atomic E-state index is -4.04. The summed E-state index contributed by atoms with van der Waals surface area (Å²) >= 11 is 1.06. The van der Waals surface area contributed by atoms with Gasteiger partial charge in [0.2, 0.25) is 10.0 Å². The number of aromatic nitrogens is 2. The van der Waals surface area contributed by atoms with Crippen molar-refractivity contribution < 1.29 is 17.9 Å². The van der Waals surface area contributed by atoms with Crippen molar-refractivity contribution in [2.24, 2.45) is 17.0 Å². The molecule has 0 aliphatic rings. The highest BCUT2D eigenvalue weighted by Gasteiger charge is 2.30. The Hall–Kier alpha value is -2.49. The number of ether oxygens (including phenoxy) is 1. The van der Waals surface area contributed by atoms with Crippen molar-refractivity contribution in [1.29, 1.82) is 0 Å². The van der Waals surface area contributed by atoms with Gasteiger partial charge in [-0.05, 0) is 29.4 Å². The van der Waals surface area contributed by atoms with Crippen LogP contribution in [-0.4, -0.2) is 30.5 Å². The van der Waals surface area contributed by atoms with Crippen molar-refractivity contribution in [3.8, 4) is 11.1 Å². The van der Waals surface area contributed by atoms with E-state index in [1.165, 1.54) is 0 Å². The average molecular weight is 476 g/mol. The van der Waals surface area contributed by atoms with Crippen molar-refractivity contribution >= 4 is 27.3 Å². The normalized spacial score (nSPS) is 12.0. The predicted molar refractivity (Wildman–Crippen MR) is 126 cm³/mol. The lowest BCUT2D eigenvalue weighted by Gasteiger charge is -2.12. The minimum absolute atomic E-state index is 0.00740. The van der Waals surface area contributed by atoms with Crippen LogP contribution in [-0.2, 0) is 27.7 Å². The molecule has 0 unspecified atom stereocenters. The third-order valence-corrected chi connectivity index (χ3v) is 7.39. The quantitative estimate of drug-likeness (QED) is 0.464. The van der Waals surface area contributed by atoms with E-state index in [1.807, 2.05) is 62.7 Å². The van der Waals surface area contributed by atoms with Crippen molar-refractivity contribution in [3.63, 3.8) is 0 Å². The Morgan fingerprint density at radius 3 is 2.38 bits per heavy atom. The molecule has 2 aromatic heterocycles. The van der Waals surface area contributed by atoms with E-state index in [2.05, 4.69) is 4.98 Å². The molecule has 2 N–H and O–H groups in total. The van der Waals surface area contributed by atoms with Gasteiger partial charge >= 0.3 is 5.97 Å². The minimum Gasteiger partial charge on any atom is -0.462 e. The zero-order chi connectivity index (χ0) is 23.5. The number of esters is 1. The molecule has 0 saturated heterocycles. The molecule has 9 heteroatoms. The van der Waals surface area contributed by atoms with Crippen LogP contribution in [0.15, 0.2) is 47.2 Å². The fraction of sp³-hybridized carbons (Fsp3) is 0.391. The van der Waals surface area contributed by atoms with E-state index in [4.69, 9.17) is 9.88 Å². The number of thiophene rings is 1. The van der Waals surface area contributed by atoms with Gasteiger partial charge in [-0.15, -0.1) is 11.3 Å². The summed E-state index contributed by atoms with van der Waals surface area (Å²) in [6, 6.07) is 7.46. The third kappa shape index (κ3) is 5.85. The van der Waals surface area contributed by atoms with Crippen LogP contribution in [0.3, 0.4) is 0 Å². The molecule has 0 aliphatic heterocycles. The number of nitrogens with two attached hydrogens (primary N) is 1. The highest BCUT2D eigenvalue weighted by atomic mass is 32.2. The number of hydrogen-bond donors (Lipinski definition) is 1. The van der Waals surface area contributed by atoms with E-state index in [0.717, 1.165) is 16.9 Å². The lowest BCUT2D eigenvalue weighted by molar-refractivity contribution is 0.0459. The van der Waals surface area contributed by atoms with Gasteiger partial charge in [0.25, 0.3) is 0 Å². The van der Waals surface area contributed by atoms with Gasteiger partial charge in [0.1, 0.15) is 4.21 Å². The largest absolute Gasteiger partial charge is 0.462 e. The van der Waals surface area contributed by atoms with E-state index in [1.54, 1.807) is 12.5 Å². The second-order valence-corrected chi connectivity index (χ2v) is 11.5. The number of carbonyl (C=O) groups excluding carboxylic acids is 1. The maximum Gasteiger partial charge on any atom is 0.339 e. The van der Waals surface area contributed by atoms with Crippen LogP contribution < -0.4 is 5.14 Å². The van der Waals surface area contributed by atoms with Crippen LogP contribution in [0.5, 0.6) is 0 Å². The first-order valence-electron chi connectivity index (χ1n) is 10.5. The Morgan fingerprint density at radius 1 is 1.16 bits per heavy atom. The molecule has 0 saturated carbocycles. The van der Waals surface area contributed by atoms with Crippen LogP contribution >= 0.6 is 11.3 Å². The SMILES string of the molecule is CC(C)COC(=O)c1c(CC(C)C)sc(S(N)(=O)=O)c1-c1ccc(Cn2ccnc2)cc1. The van der Waals surface area contributed by atoms with Gasteiger partial charge in [0.05, 0.1) is 18.5 Å². The van der Waals surface area contributed by atoms with E-state index in [9.17, 15) is 13.2 Å². The zero-order valence-electron chi connectivity index (χ0n) is 18.7. The van der Waals surface area contributed by atoms with Gasteiger partial charge in [0.15, 0.2) is 0 Å². The molecule has 2 heterocycles. The molecule has 32 heavy (non-hydrogen) atoms. The average Bonchev–Trinajstić information content (AvgIpc) is 3.34. The second kappa shape index (κ2) is 9.97. The van der Waals surface area contributed by atoms with Crippen molar-refractivity contribution in [2.75, 3.05) is 6.61 Å². The second-order valence-electron chi connectivity index (χ2n) is 8.63. The lowest BCUT2D eigenvalue weighted by atomic mass is 9.98.